The van der Waals surface area contributed by atoms with E-state index in [2.05, 4.69) is 11.9 Å². The fraction of sp³-hybridized carbons (Fsp3) is 0.182. The molecule has 2 aromatic rings. The van der Waals surface area contributed by atoms with Crippen molar-refractivity contribution < 1.29 is 19.1 Å². The summed E-state index contributed by atoms with van der Waals surface area (Å²) >= 11 is 0. The highest BCUT2D eigenvalue weighted by Gasteiger charge is 2.30. The number of nitrogens with one attached hydrogen (secondary N) is 1. The van der Waals surface area contributed by atoms with Crippen LogP contribution in [0.1, 0.15) is 16.7 Å². The Balaban J connectivity index is 1.94. The van der Waals surface area contributed by atoms with Gasteiger partial charge in [0.2, 0.25) is 0 Å². The fourth-order valence-electron chi connectivity index (χ4n) is 2.91. The van der Waals surface area contributed by atoms with Gasteiger partial charge in [0.25, 0.3) is 5.91 Å². The number of amides is 3. The van der Waals surface area contributed by atoms with Crippen molar-refractivity contribution in [2.24, 2.45) is 0 Å². The highest BCUT2D eigenvalue weighted by molar-refractivity contribution is 6.13. The van der Waals surface area contributed by atoms with Crippen LogP contribution >= 0.6 is 0 Å². The number of carbonyl (C=O) groups excluding carboxylic acids is 2. The van der Waals surface area contributed by atoms with Gasteiger partial charge in [-0.1, -0.05) is 36.4 Å². The quantitative estimate of drug-likeness (QED) is 0.455. The second-order valence-electron chi connectivity index (χ2n) is 6.33. The normalized spacial score (nSPS) is 14.9. The number of rotatable bonds is 7. The van der Waals surface area contributed by atoms with Gasteiger partial charge in [0.15, 0.2) is 11.5 Å². The standard InChI is InChI=1S/C22H22N2O4/c1-4-8-17-11-16(12-18-21(25)24(2)22(26)23-18)13-19(27-3)20(17)28-14-15-9-6-5-7-10-15/h4-7,9-13H,1,8,14H2,2-3H3,(H,23,26)/b18-12+. The van der Waals surface area contributed by atoms with Gasteiger partial charge in [0.05, 0.1) is 7.11 Å². The van der Waals surface area contributed by atoms with Crippen molar-refractivity contribution in [3.8, 4) is 11.5 Å². The van der Waals surface area contributed by atoms with Gasteiger partial charge in [0, 0.05) is 12.6 Å². The average Bonchev–Trinajstić information content (AvgIpc) is 2.94. The second-order valence-corrected chi connectivity index (χ2v) is 6.33. The number of allylic oxidation sites excluding steroid dienone is 1. The van der Waals surface area contributed by atoms with Gasteiger partial charge < -0.3 is 14.8 Å². The Labute approximate surface area is 164 Å². The molecule has 0 unspecified atom stereocenters. The van der Waals surface area contributed by atoms with Gasteiger partial charge >= 0.3 is 6.03 Å². The molecule has 0 atom stereocenters. The predicted octanol–water partition coefficient (Wildman–Crippen LogP) is 3.53. The molecular weight excluding hydrogens is 356 g/mol. The molecule has 6 nitrogen and oxygen atoms in total. The van der Waals surface area contributed by atoms with Crippen molar-refractivity contribution in [3.05, 3.63) is 77.5 Å². The van der Waals surface area contributed by atoms with E-state index < -0.39 is 6.03 Å². The Morgan fingerprint density at radius 1 is 1.18 bits per heavy atom. The Kier molecular flexibility index (Phi) is 5.79. The van der Waals surface area contributed by atoms with Crippen LogP contribution in [0, 0.1) is 0 Å². The molecule has 1 saturated heterocycles. The molecule has 1 N–H and O–H groups in total. The van der Waals surface area contributed by atoms with Crippen LogP contribution in [0.2, 0.25) is 0 Å². The summed E-state index contributed by atoms with van der Waals surface area (Å²) in [5.41, 5.74) is 2.86. The molecule has 3 amide bonds. The Bertz CT molecular complexity index is 935. The Morgan fingerprint density at radius 2 is 1.93 bits per heavy atom. The summed E-state index contributed by atoms with van der Waals surface area (Å²) in [6.45, 7) is 4.21. The number of nitrogens with zero attached hydrogens (tertiary/aromatic N) is 1. The summed E-state index contributed by atoms with van der Waals surface area (Å²) in [4.78, 5) is 24.8. The van der Waals surface area contributed by atoms with Gasteiger partial charge in [0.1, 0.15) is 12.3 Å². The fourth-order valence-corrected chi connectivity index (χ4v) is 2.91. The summed E-state index contributed by atoms with van der Waals surface area (Å²) < 4.78 is 11.6. The van der Waals surface area contributed by atoms with Crippen LogP contribution in [0.15, 0.2) is 60.8 Å². The van der Waals surface area contributed by atoms with E-state index in [-0.39, 0.29) is 11.6 Å². The molecule has 0 aromatic heterocycles. The van der Waals surface area contributed by atoms with Crippen molar-refractivity contribution in [2.45, 2.75) is 13.0 Å². The van der Waals surface area contributed by atoms with Crippen molar-refractivity contribution in [2.75, 3.05) is 14.2 Å². The van der Waals surface area contributed by atoms with E-state index in [4.69, 9.17) is 9.47 Å². The summed E-state index contributed by atoms with van der Waals surface area (Å²) in [7, 11) is 3.00. The van der Waals surface area contributed by atoms with E-state index in [1.54, 1.807) is 25.3 Å². The van der Waals surface area contributed by atoms with Crippen LogP contribution in [-0.2, 0) is 17.8 Å². The van der Waals surface area contributed by atoms with Crippen molar-refractivity contribution in [1.82, 2.24) is 10.2 Å². The van der Waals surface area contributed by atoms with Gasteiger partial charge in [-0.25, -0.2) is 4.79 Å². The molecule has 2 aromatic carbocycles. The van der Waals surface area contributed by atoms with Gasteiger partial charge in [-0.15, -0.1) is 6.58 Å². The first-order valence-corrected chi connectivity index (χ1v) is 8.82. The molecule has 1 heterocycles. The molecule has 0 spiro atoms. The lowest BCUT2D eigenvalue weighted by Crippen LogP contribution is -2.25. The molecule has 0 saturated carbocycles. The summed E-state index contributed by atoms with van der Waals surface area (Å²) in [6, 6.07) is 13.1. The number of likely N-dealkylation sites (N-methyl/N-ethyl adjacent to an activating group) is 1. The number of ether oxygens (including phenoxy) is 2. The zero-order valence-electron chi connectivity index (χ0n) is 15.9. The number of carbonyl (C=O) groups is 2. The lowest BCUT2D eigenvalue weighted by molar-refractivity contribution is -0.121. The maximum Gasteiger partial charge on any atom is 0.328 e. The molecule has 28 heavy (non-hydrogen) atoms. The van der Waals surface area contributed by atoms with E-state index in [0.29, 0.717) is 24.5 Å². The van der Waals surface area contributed by atoms with Crippen LogP contribution in [0.25, 0.3) is 6.08 Å². The molecule has 144 valence electrons. The molecule has 0 radical (unpaired) electrons. The van der Waals surface area contributed by atoms with Crippen LogP contribution in [0.4, 0.5) is 4.79 Å². The first-order chi connectivity index (χ1) is 13.5. The van der Waals surface area contributed by atoms with Crippen molar-refractivity contribution in [3.63, 3.8) is 0 Å². The molecule has 0 aliphatic carbocycles. The van der Waals surface area contributed by atoms with Crippen LogP contribution in [0.3, 0.4) is 0 Å². The zero-order valence-corrected chi connectivity index (χ0v) is 15.9. The van der Waals surface area contributed by atoms with Crippen LogP contribution in [-0.4, -0.2) is 31.0 Å². The Morgan fingerprint density at radius 3 is 2.54 bits per heavy atom. The largest absolute Gasteiger partial charge is 0.493 e. The zero-order chi connectivity index (χ0) is 20.1. The number of urea groups is 1. The molecule has 1 aliphatic rings. The molecular formula is C22H22N2O4. The SMILES string of the molecule is C=CCc1cc(/C=C2/NC(=O)N(C)C2=O)cc(OC)c1OCc1ccccc1. The minimum atomic E-state index is -0.447. The number of benzene rings is 2. The first kappa shape index (κ1) is 19.2. The molecule has 1 fully saturated rings. The number of hydrogen-bond acceptors (Lipinski definition) is 4. The molecule has 6 heteroatoms. The maximum atomic E-state index is 12.1. The number of hydrogen-bond donors (Lipinski definition) is 1. The third-order valence-corrected chi connectivity index (χ3v) is 4.36. The minimum Gasteiger partial charge on any atom is -0.493 e. The third kappa shape index (κ3) is 4.06. The lowest BCUT2D eigenvalue weighted by atomic mass is 10.0. The topological polar surface area (TPSA) is 67.9 Å². The number of imide groups is 1. The Hall–Kier alpha value is -3.54. The summed E-state index contributed by atoms with van der Waals surface area (Å²) in [5, 5.41) is 2.56. The molecule has 0 bridgehead atoms. The summed E-state index contributed by atoms with van der Waals surface area (Å²) in [5.74, 6) is 0.804. The third-order valence-electron chi connectivity index (χ3n) is 4.36. The highest BCUT2D eigenvalue weighted by atomic mass is 16.5. The van der Waals surface area contributed by atoms with E-state index in [1.165, 1.54) is 7.05 Å². The van der Waals surface area contributed by atoms with E-state index in [9.17, 15) is 9.59 Å². The van der Waals surface area contributed by atoms with Gasteiger partial charge in [-0.3, -0.25) is 9.69 Å². The van der Waals surface area contributed by atoms with Crippen molar-refractivity contribution in [1.29, 1.82) is 0 Å². The van der Waals surface area contributed by atoms with Crippen LogP contribution in [0.5, 0.6) is 11.5 Å². The van der Waals surface area contributed by atoms with E-state index >= 15 is 0 Å². The van der Waals surface area contributed by atoms with Gasteiger partial charge in [-0.05, 0) is 35.8 Å². The highest BCUT2D eigenvalue weighted by Crippen LogP contribution is 2.35. The van der Waals surface area contributed by atoms with Crippen LogP contribution < -0.4 is 14.8 Å². The van der Waals surface area contributed by atoms with Crippen molar-refractivity contribution >= 4 is 18.0 Å². The van der Waals surface area contributed by atoms with Gasteiger partial charge in [-0.2, -0.15) is 0 Å². The molecule has 3 rings (SSSR count). The monoisotopic (exact) mass is 378 g/mol. The first-order valence-electron chi connectivity index (χ1n) is 8.82. The second kappa shape index (κ2) is 8.43. The maximum absolute atomic E-state index is 12.1. The summed E-state index contributed by atoms with van der Waals surface area (Å²) in [6.07, 6.45) is 3.97. The lowest BCUT2D eigenvalue weighted by Gasteiger charge is -2.16. The van der Waals surface area contributed by atoms with E-state index in [1.807, 2.05) is 36.4 Å². The average molecular weight is 378 g/mol. The predicted molar refractivity (Wildman–Crippen MR) is 107 cm³/mol. The van der Waals surface area contributed by atoms with E-state index in [0.717, 1.165) is 21.6 Å². The number of methoxy groups -OCH3 is 1. The smallest absolute Gasteiger partial charge is 0.328 e. The molecule has 1 aliphatic heterocycles. The minimum absolute atomic E-state index is 0.220.